The summed E-state index contributed by atoms with van der Waals surface area (Å²) < 4.78 is 5.44. The van der Waals surface area contributed by atoms with E-state index in [1.807, 2.05) is 20.8 Å². The molecule has 2 N–H and O–H groups in total. The van der Waals surface area contributed by atoms with E-state index in [2.05, 4.69) is 0 Å². The van der Waals surface area contributed by atoms with Gasteiger partial charge in [0, 0.05) is 35.0 Å². The van der Waals surface area contributed by atoms with Crippen LogP contribution in [0.3, 0.4) is 0 Å². The maximum atomic E-state index is 13.3. The highest BCUT2D eigenvalue weighted by atomic mass is 16.6. The van der Waals surface area contributed by atoms with E-state index >= 15 is 0 Å². The number of carbonyl (C=O) groups is 3. The number of ether oxygens (including phenoxy) is 1. The molecule has 0 bridgehead atoms. The van der Waals surface area contributed by atoms with Crippen molar-refractivity contribution < 1.29 is 29.3 Å². The molecule has 0 spiro atoms. The Labute approximate surface area is 165 Å². The first-order chi connectivity index (χ1) is 12.8. The van der Waals surface area contributed by atoms with Crippen molar-refractivity contribution in [1.82, 2.24) is 0 Å². The van der Waals surface area contributed by atoms with Gasteiger partial charge in [-0.05, 0) is 24.2 Å². The average Bonchev–Trinajstić information content (AvgIpc) is 2.53. The molecule has 0 aromatic heterocycles. The second kappa shape index (κ2) is 6.55. The molecule has 0 aliphatic heterocycles. The van der Waals surface area contributed by atoms with Crippen molar-refractivity contribution in [3.8, 4) is 0 Å². The van der Waals surface area contributed by atoms with Crippen molar-refractivity contribution in [2.75, 3.05) is 0 Å². The van der Waals surface area contributed by atoms with Crippen LogP contribution >= 0.6 is 0 Å². The summed E-state index contributed by atoms with van der Waals surface area (Å²) in [6, 6.07) is 0. The molecule has 4 atom stereocenters. The summed E-state index contributed by atoms with van der Waals surface area (Å²) in [6.07, 6.45) is 0.0481. The molecule has 1 saturated carbocycles. The van der Waals surface area contributed by atoms with E-state index in [1.165, 1.54) is 6.92 Å². The van der Waals surface area contributed by atoms with Crippen LogP contribution in [-0.4, -0.2) is 40.0 Å². The van der Waals surface area contributed by atoms with Gasteiger partial charge in [0.25, 0.3) is 0 Å². The van der Waals surface area contributed by atoms with Gasteiger partial charge in [0.2, 0.25) is 11.6 Å². The van der Waals surface area contributed by atoms with E-state index in [9.17, 15) is 24.6 Å². The van der Waals surface area contributed by atoms with Gasteiger partial charge in [0.15, 0.2) is 6.10 Å². The molecule has 28 heavy (non-hydrogen) atoms. The van der Waals surface area contributed by atoms with Crippen LogP contribution in [0, 0.1) is 22.7 Å². The standard InChI is InChI=1S/C22H30O6/c1-10(2)12-15(24)13-14(17(26)16(12)25)22(6)9-7-8-21(4,5)20(22)18(27)19(13)28-11(3)23/h10,18-20,24,27H,7-9H2,1-6H3. The van der Waals surface area contributed by atoms with Crippen molar-refractivity contribution in [3.05, 3.63) is 22.5 Å². The summed E-state index contributed by atoms with van der Waals surface area (Å²) in [4.78, 5) is 37.9. The topological polar surface area (TPSA) is 101 Å². The van der Waals surface area contributed by atoms with Crippen LogP contribution in [0.15, 0.2) is 22.5 Å². The molecule has 0 aromatic carbocycles. The molecule has 0 radical (unpaired) electrons. The quantitative estimate of drug-likeness (QED) is 0.427. The highest BCUT2D eigenvalue weighted by molar-refractivity contribution is 6.50. The van der Waals surface area contributed by atoms with Crippen LogP contribution in [-0.2, 0) is 19.1 Å². The lowest BCUT2D eigenvalue weighted by atomic mass is 9.47. The lowest BCUT2D eigenvalue weighted by Crippen LogP contribution is -2.60. The molecule has 3 aliphatic carbocycles. The molecule has 4 unspecified atom stereocenters. The molecule has 0 amide bonds. The van der Waals surface area contributed by atoms with E-state index in [0.29, 0.717) is 6.42 Å². The molecule has 6 heteroatoms. The number of allylic oxidation sites excluding steroid dienone is 2. The van der Waals surface area contributed by atoms with Crippen LogP contribution in [0.4, 0.5) is 0 Å². The lowest BCUT2D eigenvalue weighted by molar-refractivity contribution is -0.166. The number of aliphatic hydroxyl groups excluding tert-OH is 2. The number of fused-ring (bicyclic) bond motifs is 2. The molecule has 1 fully saturated rings. The summed E-state index contributed by atoms with van der Waals surface area (Å²) in [6.45, 7) is 10.6. The maximum absolute atomic E-state index is 13.3. The Hall–Kier alpha value is -1.95. The number of Topliss-reactive ketones (excluding diaryl/α,β-unsaturated/α-hetero) is 2. The molecule has 3 aliphatic rings. The van der Waals surface area contributed by atoms with Gasteiger partial charge >= 0.3 is 5.97 Å². The zero-order valence-corrected chi connectivity index (χ0v) is 17.5. The molecule has 0 saturated heterocycles. The van der Waals surface area contributed by atoms with Gasteiger partial charge in [-0.2, -0.15) is 0 Å². The van der Waals surface area contributed by atoms with E-state index in [4.69, 9.17) is 4.74 Å². The minimum Gasteiger partial charge on any atom is -0.507 e. The third kappa shape index (κ3) is 2.76. The van der Waals surface area contributed by atoms with Gasteiger partial charge in [0.1, 0.15) is 5.76 Å². The number of ketones is 2. The van der Waals surface area contributed by atoms with Crippen LogP contribution in [0.25, 0.3) is 0 Å². The largest absolute Gasteiger partial charge is 0.507 e. The Morgan fingerprint density at radius 2 is 1.75 bits per heavy atom. The second-order valence-electron chi connectivity index (χ2n) is 9.62. The third-order valence-electron chi connectivity index (χ3n) is 6.88. The summed E-state index contributed by atoms with van der Waals surface area (Å²) >= 11 is 0. The fourth-order valence-electron chi connectivity index (χ4n) is 5.97. The van der Waals surface area contributed by atoms with Crippen molar-refractivity contribution in [2.45, 2.75) is 73.0 Å². The molecule has 3 rings (SSSR count). The zero-order valence-electron chi connectivity index (χ0n) is 17.5. The molecule has 0 aromatic rings. The fraction of sp³-hybridized carbons (Fsp3) is 0.682. The molecule has 154 valence electrons. The second-order valence-corrected chi connectivity index (χ2v) is 9.62. The first-order valence-corrected chi connectivity index (χ1v) is 9.97. The van der Waals surface area contributed by atoms with Gasteiger partial charge in [0.05, 0.1) is 6.10 Å². The number of hydrogen-bond acceptors (Lipinski definition) is 6. The number of rotatable bonds is 2. The number of aliphatic hydroxyl groups is 2. The average molecular weight is 390 g/mol. The fourth-order valence-corrected chi connectivity index (χ4v) is 5.97. The van der Waals surface area contributed by atoms with Crippen LogP contribution in [0.5, 0.6) is 0 Å². The molecule has 6 nitrogen and oxygen atoms in total. The summed E-state index contributed by atoms with van der Waals surface area (Å²) in [5, 5.41) is 22.3. The minimum absolute atomic E-state index is 0.0187. The van der Waals surface area contributed by atoms with Crippen molar-refractivity contribution in [2.24, 2.45) is 22.7 Å². The Morgan fingerprint density at radius 3 is 2.29 bits per heavy atom. The molecule has 0 heterocycles. The predicted octanol–water partition coefficient (Wildman–Crippen LogP) is 3.04. The molecular weight excluding hydrogens is 360 g/mol. The predicted molar refractivity (Wildman–Crippen MR) is 102 cm³/mol. The number of esters is 1. The summed E-state index contributed by atoms with van der Waals surface area (Å²) in [5.74, 6) is -3.05. The first-order valence-electron chi connectivity index (χ1n) is 9.97. The van der Waals surface area contributed by atoms with E-state index < -0.39 is 35.2 Å². The van der Waals surface area contributed by atoms with Gasteiger partial charge in [-0.15, -0.1) is 0 Å². The summed E-state index contributed by atoms with van der Waals surface area (Å²) in [5.41, 5.74) is -0.757. The van der Waals surface area contributed by atoms with E-state index in [-0.39, 0.29) is 39.7 Å². The van der Waals surface area contributed by atoms with Crippen LogP contribution in [0.2, 0.25) is 0 Å². The van der Waals surface area contributed by atoms with Gasteiger partial charge in [-0.1, -0.05) is 41.0 Å². The number of carbonyl (C=O) groups excluding carboxylic acids is 3. The zero-order chi connectivity index (χ0) is 21.2. The Balaban J connectivity index is 2.36. The Kier molecular flexibility index (Phi) is 4.86. The smallest absolute Gasteiger partial charge is 0.303 e. The highest BCUT2D eigenvalue weighted by Crippen LogP contribution is 2.61. The monoisotopic (exact) mass is 390 g/mol. The Bertz CT molecular complexity index is 815. The van der Waals surface area contributed by atoms with Crippen LogP contribution < -0.4 is 0 Å². The lowest BCUT2D eigenvalue weighted by Gasteiger charge is -2.58. The van der Waals surface area contributed by atoms with Gasteiger partial charge in [-0.25, -0.2) is 0 Å². The van der Waals surface area contributed by atoms with Crippen LogP contribution in [0.1, 0.15) is 60.8 Å². The minimum atomic E-state index is -1.17. The third-order valence-corrected chi connectivity index (χ3v) is 6.88. The van der Waals surface area contributed by atoms with E-state index in [1.54, 1.807) is 13.8 Å². The van der Waals surface area contributed by atoms with Gasteiger partial charge < -0.3 is 14.9 Å². The number of hydrogen-bond donors (Lipinski definition) is 2. The van der Waals surface area contributed by atoms with Crippen molar-refractivity contribution >= 4 is 17.5 Å². The highest BCUT2D eigenvalue weighted by Gasteiger charge is 2.62. The van der Waals surface area contributed by atoms with E-state index in [0.717, 1.165) is 12.8 Å². The van der Waals surface area contributed by atoms with Gasteiger partial charge in [-0.3, -0.25) is 14.4 Å². The normalized spacial score (nSPS) is 35.1. The molecular formula is C22H30O6. The first kappa shape index (κ1) is 20.8. The van der Waals surface area contributed by atoms with Crippen molar-refractivity contribution in [1.29, 1.82) is 0 Å². The maximum Gasteiger partial charge on any atom is 0.303 e. The Morgan fingerprint density at radius 1 is 1.14 bits per heavy atom. The SMILES string of the molecule is CC(=O)OC1C2=C(C(=O)C(=O)C(C(C)C)=C2O)C2(C)CCCC(C)(C)C2C1O. The van der Waals surface area contributed by atoms with Crippen molar-refractivity contribution in [3.63, 3.8) is 0 Å². The summed E-state index contributed by atoms with van der Waals surface area (Å²) in [7, 11) is 0.